The Morgan fingerprint density at radius 3 is 2.56 bits per heavy atom. The third-order valence-corrected chi connectivity index (χ3v) is 2.62. The highest BCUT2D eigenvalue weighted by atomic mass is 32.2. The minimum absolute atomic E-state index is 0.0509. The van der Waals surface area contributed by atoms with E-state index in [1.54, 1.807) is 13.0 Å². The van der Waals surface area contributed by atoms with Gasteiger partial charge in [0, 0.05) is 0 Å². The quantitative estimate of drug-likeness (QED) is 0.561. The third kappa shape index (κ3) is 1.47. The van der Waals surface area contributed by atoms with Crippen LogP contribution >= 0.6 is 11.8 Å². The molecule has 0 aromatic rings. The molecule has 3 atom stereocenters. The standard InChI is InChI=1S/C6H10O2S/c1-4(7)6-5(8)2-3-9-6/h2-8H,1H3. The number of rotatable bonds is 1. The molecular formula is C6H10O2S. The van der Waals surface area contributed by atoms with Crippen LogP contribution in [0.25, 0.3) is 0 Å². The molecule has 2 nitrogen and oxygen atoms in total. The third-order valence-electron chi connectivity index (χ3n) is 1.32. The average Bonchev–Trinajstić information content (AvgIpc) is 2.13. The van der Waals surface area contributed by atoms with E-state index >= 15 is 0 Å². The van der Waals surface area contributed by atoms with Crippen LogP contribution in [0.1, 0.15) is 6.92 Å². The Hall–Kier alpha value is 0.01000. The van der Waals surface area contributed by atoms with Crippen molar-refractivity contribution in [2.45, 2.75) is 24.4 Å². The Morgan fingerprint density at radius 1 is 1.67 bits per heavy atom. The summed E-state index contributed by atoms with van der Waals surface area (Å²) in [7, 11) is 0. The fourth-order valence-corrected chi connectivity index (χ4v) is 1.72. The molecule has 1 aliphatic rings. The highest BCUT2D eigenvalue weighted by Gasteiger charge is 2.25. The SMILES string of the molecule is CC(O)C1SC=CC1O. The van der Waals surface area contributed by atoms with Crippen molar-refractivity contribution >= 4 is 11.8 Å². The smallest absolute Gasteiger partial charge is 0.0875 e. The monoisotopic (exact) mass is 146 g/mol. The lowest BCUT2D eigenvalue weighted by molar-refractivity contribution is 0.127. The van der Waals surface area contributed by atoms with E-state index in [1.807, 2.05) is 5.41 Å². The fourth-order valence-electron chi connectivity index (χ4n) is 0.806. The lowest BCUT2D eigenvalue weighted by Gasteiger charge is -2.15. The molecule has 1 heterocycles. The second kappa shape index (κ2) is 2.73. The molecule has 2 N–H and O–H groups in total. The van der Waals surface area contributed by atoms with E-state index in [4.69, 9.17) is 10.2 Å². The van der Waals surface area contributed by atoms with Crippen LogP contribution in [0.4, 0.5) is 0 Å². The Morgan fingerprint density at radius 2 is 2.33 bits per heavy atom. The maximum atomic E-state index is 9.09. The first-order valence-electron chi connectivity index (χ1n) is 2.90. The number of hydrogen-bond donors (Lipinski definition) is 2. The molecule has 0 spiro atoms. The van der Waals surface area contributed by atoms with Gasteiger partial charge in [0.05, 0.1) is 17.5 Å². The summed E-state index contributed by atoms with van der Waals surface area (Å²) in [4.78, 5) is 0. The zero-order valence-electron chi connectivity index (χ0n) is 5.19. The van der Waals surface area contributed by atoms with Crippen molar-refractivity contribution in [3.05, 3.63) is 11.5 Å². The van der Waals surface area contributed by atoms with Crippen molar-refractivity contribution < 1.29 is 10.2 Å². The van der Waals surface area contributed by atoms with Crippen LogP contribution < -0.4 is 0 Å². The van der Waals surface area contributed by atoms with Crippen LogP contribution in [-0.2, 0) is 0 Å². The van der Waals surface area contributed by atoms with Gasteiger partial charge >= 0.3 is 0 Å². The van der Waals surface area contributed by atoms with Gasteiger partial charge in [-0.05, 0) is 18.4 Å². The summed E-state index contributed by atoms with van der Waals surface area (Å²) in [6, 6.07) is 0. The van der Waals surface area contributed by atoms with Crippen molar-refractivity contribution in [3.63, 3.8) is 0 Å². The van der Waals surface area contributed by atoms with Gasteiger partial charge < -0.3 is 10.2 Å². The zero-order chi connectivity index (χ0) is 6.85. The van der Waals surface area contributed by atoms with Gasteiger partial charge in [-0.2, -0.15) is 0 Å². The van der Waals surface area contributed by atoms with E-state index in [0.29, 0.717) is 0 Å². The van der Waals surface area contributed by atoms with Crippen molar-refractivity contribution in [1.29, 1.82) is 0 Å². The van der Waals surface area contributed by atoms with Crippen LogP contribution in [0.2, 0.25) is 0 Å². The van der Waals surface area contributed by atoms with Gasteiger partial charge in [-0.25, -0.2) is 0 Å². The summed E-state index contributed by atoms with van der Waals surface area (Å²) in [5.74, 6) is 0. The molecule has 1 rings (SSSR count). The summed E-state index contributed by atoms with van der Waals surface area (Å²) >= 11 is 1.48. The first-order valence-corrected chi connectivity index (χ1v) is 3.84. The molecule has 0 amide bonds. The number of aliphatic hydroxyl groups excluding tert-OH is 2. The summed E-state index contributed by atoms with van der Waals surface area (Å²) in [5.41, 5.74) is 0. The molecule has 0 aliphatic carbocycles. The second-order valence-electron chi connectivity index (χ2n) is 2.16. The number of aliphatic hydroxyl groups is 2. The second-order valence-corrected chi connectivity index (χ2v) is 3.25. The maximum absolute atomic E-state index is 9.09. The van der Waals surface area contributed by atoms with Gasteiger partial charge in [0.1, 0.15) is 0 Å². The minimum Gasteiger partial charge on any atom is -0.392 e. The highest BCUT2D eigenvalue weighted by Crippen LogP contribution is 2.26. The molecule has 0 bridgehead atoms. The van der Waals surface area contributed by atoms with Gasteiger partial charge in [0.2, 0.25) is 0 Å². The molecule has 0 saturated heterocycles. The summed E-state index contributed by atoms with van der Waals surface area (Å²) < 4.78 is 0. The van der Waals surface area contributed by atoms with E-state index in [2.05, 4.69) is 0 Å². The molecule has 1 aliphatic heterocycles. The zero-order valence-corrected chi connectivity index (χ0v) is 6.01. The number of thioether (sulfide) groups is 1. The summed E-state index contributed by atoms with van der Waals surface area (Å²) in [6.45, 7) is 1.69. The molecule has 3 heteroatoms. The summed E-state index contributed by atoms with van der Waals surface area (Å²) in [5, 5.41) is 19.9. The first kappa shape index (κ1) is 7.12. The normalized spacial score (nSPS) is 37.2. The van der Waals surface area contributed by atoms with E-state index in [0.717, 1.165) is 0 Å². The van der Waals surface area contributed by atoms with E-state index < -0.39 is 12.2 Å². The van der Waals surface area contributed by atoms with Gasteiger partial charge in [-0.1, -0.05) is 0 Å². The van der Waals surface area contributed by atoms with Gasteiger partial charge in [0.25, 0.3) is 0 Å². The fraction of sp³-hybridized carbons (Fsp3) is 0.667. The Balaban J connectivity index is 2.45. The van der Waals surface area contributed by atoms with E-state index in [9.17, 15) is 0 Å². The Labute approximate surface area is 58.6 Å². The lowest BCUT2D eigenvalue weighted by Crippen LogP contribution is -2.28. The average molecular weight is 146 g/mol. The molecule has 0 aromatic heterocycles. The number of hydrogen-bond acceptors (Lipinski definition) is 3. The molecule has 0 radical (unpaired) electrons. The van der Waals surface area contributed by atoms with Crippen LogP contribution in [0, 0.1) is 0 Å². The molecule has 0 fully saturated rings. The minimum atomic E-state index is -0.463. The van der Waals surface area contributed by atoms with Crippen molar-refractivity contribution in [2.24, 2.45) is 0 Å². The van der Waals surface area contributed by atoms with E-state index in [-0.39, 0.29) is 5.25 Å². The first-order chi connectivity index (χ1) is 4.22. The predicted octanol–water partition coefficient (Wildman–Crippen LogP) is 0.357. The Bertz CT molecular complexity index is 122. The Kier molecular flexibility index (Phi) is 2.16. The highest BCUT2D eigenvalue weighted by molar-refractivity contribution is 8.03. The van der Waals surface area contributed by atoms with Crippen LogP contribution in [0.3, 0.4) is 0 Å². The van der Waals surface area contributed by atoms with Crippen molar-refractivity contribution in [2.75, 3.05) is 0 Å². The van der Waals surface area contributed by atoms with Crippen LogP contribution in [0.15, 0.2) is 11.5 Å². The molecule has 52 valence electrons. The largest absolute Gasteiger partial charge is 0.392 e. The van der Waals surface area contributed by atoms with E-state index in [1.165, 1.54) is 11.8 Å². The van der Waals surface area contributed by atoms with Gasteiger partial charge in [-0.3, -0.25) is 0 Å². The maximum Gasteiger partial charge on any atom is 0.0875 e. The predicted molar refractivity (Wildman–Crippen MR) is 38.2 cm³/mol. The van der Waals surface area contributed by atoms with Crippen molar-refractivity contribution in [1.82, 2.24) is 0 Å². The lowest BCUT2D eigenvalue weighted by atomic mass is 10.2. The molecular weight excluding hydrogens is 136 g/mol. The van der Waals surface area contributed by atoms with Crippen molar-refractivity contribution in [3.8, 4) is 0 Å². The van der Waals surface area contributed by atoms with Gasteiger partial charge in [0.15, 0.2) is 0 Å². The molecule has 0 aromatic carbocycles. The van der Waals surface area contributed by atoms with Crippen LogP contribution in [0.5, 0.6) is 0 Å². The van der Waals surface area contributed by atoms with Gasteiger partial charge in [-0.15, -0.1) is 11.8 Å². The molecule has 0 saturated carbocycles. The molecule has 3 unspecified atom stereocenters. The summed E-state index contributed by atoms with van der Waals surface area (Å²) in [6.07, 6.45) is 0.803. The van der Waals surface area contributed by atoms with Crippen LogP contribution in [-0.4, -0.2) is 27.7 Å². The topological polar surface area (TPSA) is 40.5 Å². The molecule has 9 heavy (non-hydrogen) atoms.